The highest BCUT2D eigenvalue weighted by Crippen LogP contribution is 2.23. The van der Waals surface area contributed by atoms with E-state index in [1.165, 1.54) is 34.6 Å². The second-order valence-corrected chi connectivity index (χ2v) is 10.5. The Morgan fingerprint density at radius 3 is 2.44 bits per heavy atom. The molecule has 2 aromatic heterocycles. The number of nitro groups is 1. The minimum atomic E-state index is -3.78. The molecule has 1 aromatic carbocycles. The van der Waals surface area contributed by atoms with Crippen LogP contribution in [0, 0.1) is 24.0 Å². The summed E-state index contributed by atoms with van der Waals surface area (Å²) in [5.41, 5.74) is 1.51. The van der Waals surface area contributed by atoms with Crippen molar-refractivity contribution in [3.8, 4) is 0 Å². The number of thiazole rings is 1. The van der Waals surface area contributed by atoms with E-state index in [-0.39, 0.29) is 42.7 Å². The van der Waals surface area contributed by atoms with E-state index in [0.29, 0.717) is 0 Å². The number of sulfonamides is 1. The molecule has 1 fully saturated rings. The lowest BCUT2D eigenvalue weighted by molar-refractivity contribution is -0.384. The zero-order chi connectivity index (χ0) is 23.0. The Balaban J connectivity index is 1.41. The van der Waals surface area contributed by atoms with Gasteiger partial charge in [-0.05, 0) is 32.1 Å². The van der Waals surface area contributed by atoms with Gasteiger partial charge >= 0.3 is 0 Å². The molecule has 4 rings (SSSR count). The fraction of sp³-hybridized carbons (Fsp3) is 0.300. The smallest absolute Gasteiger partial charge is 0.269 e. The van der Waals surface area contributed by atoms with Gasteiger partial charge in [-0.3, -0.25) is 19.3 Å². The number of fused-ring (bicyclic) bond motifs is 1. The van der Waals surface area contributed by atoms with E-state index in [1.54, 1.807) is 22.3 Å². The molecular formula is C20H21N5O5S2. The monoisotopic (exact) mass is 475 g/mol. The van der Waals surface area contributed by atoms with E-state index >= 15 is 0 Å². The molecule has 0 spiro atoms. The van der Waals surface area contributed by atoms with Crippen LogP contribution in [0.2, 0.25) is 0 Å². The van der Waals surface area contributed by atoms with Crippen LogP contribution in [-0.2, 0) is 14.8 Å². The molecule has 0 atom stereocenters. The Hall–Kier alpha value is -3.09. The third-order valence-corrected chi connectivity index (χ3v) is 8.09. The number of imidazole rings is 1. The Labute approximate surface area is 188 Å². The summed E-state index contributed by atoms with van der Waals surface area (Å²) < 4.78 is 28.9. The van der Waals surface area contributed by atoms with Crippen LogP contribution in [-0.4, -0.2) is 64.0 Å². The van der Waals surface area contributed by atoms with Crippen LogP contribution in [0.15, 0.2) is 41.4 Å². The lowest BCUT2D eigenvalue weighted by Gasteiger charge is -2.33. The molecule has 1 aliphatic rings. The normalized spacial score (nSPS) is 15.6. The van der Waals surface area contributed by atoms with Crippen molar-refractivity contribution in [1.29, 1.82) is 0 Å². The first-order valence-corrected chi connectivity index (χ1v) is 12.1. The van der Waals surface area contributed by atoms with Gasteiger partial charge in [0.2, 0.25) is 15.9 Å². The van der Waals surface area contributed by atoms with Crippen molar-refractivity contribution in [3.63, 3.8) is 0 Å². The molecule has 3 aromatic rings. The number of hydrogen-bond acceptors (Lipinski definition) is 7. The summed E-state index contributed by atoms with van der Waals surface area (Å²) in [6, 6.07) is 4.80. The number of nitrogens with zero attached hydrogens (tertiary/aromatic N) is 5. The minimum absolute atomic E-state index is 0.00551. The third kappa shape index (κ3) is 4.16. The Morgan fingerprint density at radius 1 is 1.16 bits per heavy atom. The van der Waals surface area contributed by atoms with E-state index in [9.17, 15) is 23.3 Å². The van der Waals surface area contributed by atoms with Crippen molar-refractivity contribution < 1.29 is 18.1 Å². The van der Waals surface area contributed by atoms with E-state index in [2.05, 4.69) is 4.98 Å². The highest BCUT2D eigenvalue weighted by Gasteiger charge is 2.30. The Bertz CT molecular complexity index is 1320. The largest absolute Gasteiger partial charge is 0.337 e. The number of piperazine rings is 1. The van der Waals surface area contributed by atoms with Gasteiger partial charge in [-0.1, -0.05) is 0 Å². The van der Waals surface area contributed by atoms with Gasteiger partial charge in [0.15, 0.2) is 4.96 Å². The molecule has 12 heteroatoms. The minimum Gasteiger partial charge on any atom is -0.337 e. The number of carbonyl (C=O) groups is 1. The lowest BCUT2D eigenvalue weighted by atomic mass is 10.3. The van der Waals surface area contributed by atoms with E-state index < -0.39 is 14.9 Å². The van der Waals surface area contributed by atoms with Crippen LogP contribution in [0.4, 0.5) is 5.69 Å². The van der Waals surface area contributed by atoms with Crippen LogP contribution >= 0.6 is 11.3 Å². The molecule has 0 unspecified atom stereocenters. The number of benzene rings is 1. The maximum absolute atomic E-state index is 12.8. The van der Waals surface area contributed by atoms with Gasteiger partial charge < -0.3 is 4.90 Å². The summed E-state index contributed by atoms with van der Waals surface area (Å²) in [5.74, 6) is -0.196. The van der Waals surface area contributed by atoms with Crippen molar-refractivity contribution in [3.05, 3.63) is 62.9 Å². The van der Waals surface area contributed by atoms with Gasteiger partial charge in [-0.25, -0.2) is 13.4 Å². The van der Waals surface area contributed by atoms with Crippen molar-refractivity contribution in [2.75, 3.05) is 26.2 Å². The molecule has 1 aliphatic heterocycles. The number of carbonyl (C=O) groups excluding carboxylic acids is 1. The Morgan fingerprint density at radius 2 is 1.81 bits per heavy atom. The molecule has 0 bridgehead atoms. The van der Waals surface area contributed by atoms with Crippen molar-refractivity contribution >= 4 is 44.0 Å². The van der Waals surface area contributed by atoms with Gasteiger partial charge in [0.05, 0.1) is 21.2 Å². The summed E-state index contributed by atoms with van der Waals surface area (Å²) in [5, 5.41) is 10.8. The molecule has 0 radical (unpaired) electrons. The zero-order valence-electron chi connectivity index (χ0n) is 17.5. The third-order valence-electron chi connectivity index (χ3n) is 5.28. The average molecular weight is 476 g/mol. The summed E-state index contributed by atoms with van der Waals surface area (Å²) in [6.45, 7) is 4.71. The van der Waals surface area contributed by atoms with Crippen molar-refractivity contribution in [2.45, 2.75) is 18.7 Å². The first-order valence-electron chi connectivity index (χ1n) is 9.83. The van der Waals surface area contributed by atoms with Gasteiger partial charge in [0.25, 0.3) is 5.69 Å². The predicted molar refractivity (Wildman–Crippen MR) is 120 cm³/mol. The fourth-order valence-corrected chi connectivity index (χ4v) is 5.88. The van der Waals surface area contributed by atoms with Gasteiger partial charge in [-0.15, -0.1) is 11.3 Å². The molecule has 1 saturated heterocycles. The lowest BCUT2D eigenvalue weighted by Crippen LogP contribution is -2.50. The van der Waals surface area contributed by atoms with Crippen LogP contribution in [0.1, 0.15) is 16.3 Å². The van der Waals surface area contributed by atoms with Gasteiger partial charge in [0.1, 0.15) is 0 Å². The summed E-state index contributed by atoms with van der Waals surface area (Å²) >= 11 is 1.58. The number of aromatic nitrogens is 2. The van der Waals surface area contributed by atoms with E-state index in [0.717, 1.165) is 21.2 Å². The first-order chi connectivity index (χ1) is 15.2. The fourth-order valence-electron chi connectivity index (χ4n) is 3.58. The van der Waals surface area contributed by atoms with Crippen molar-refractivity contribution in [2.24, 2.45) is 0 Å². The van der Waals surface area contributed by atoms with Gasteiger partial charge in [0, 0.05) is 55.5 Å². The molecule has 0 N–H and O–H groups in total. The number of hydrogen-bond donors (Lipinski definition) is 0. The molecule has 3 heterocycles. The van der Waals surface area contributed by atoms with Gasteiger partial charge in [-0.2, -0.15) is 4.31 Å². The van der Waals surface area contributed by atoms with Crippen LogP contribution in [0.3, 0.4) is 0 Å². The number of rotatable bonds is 5. The molecule has 10 nitrogen and oxygen atoms in total. The number of aryl methyl sites for hydroxylation is 2. The molecule has 32 heavy (non-hydrogen) atoms. The zero-order valence-corrected chi connectivity index (χ0v) is 19.1. The SMILES string of the molecule is Cc1cn2c(/C=C/C(=O)N3CCN(S(=O)(=O)c4ccc([N+](=O)[O-])cc4)CC3)c(C)nc2s1. The molecule has 0 aliphatic carbocycles. The molecule has 168 valence electrons. The topological polar surface area (TPSA) is 118 Å². The van der Waals surface area contributed by atoms with Crippen LogP contribution < -0.4 is 0 Å². The molecular weight excluding hydrogens is 454 g/mol. The summed E-state index contributed by atoms with van der Waals surface area (Å²) in [7, 11) is -3.78. The van der Waals surface area contributed by atoms with Crippen molar-refractivity contribution in [1.82, 2.24) is 18.6 Å². The summed E-state index contributed by atoms with van der Waals surface area (Å²) in [4.78, 5) is 30.9. The second kappa shape index (κ2) is 8.45. The van der Waals surface area contributed by atoms with Crippen LogP contribution in [0.25, 0.3) is 11.0 Å². The number of non-ortho nitro benzene ring substituents is 1. The average Bonchev–Trinajstić information content (AvgIpc) is 3.26. The quantitative estimate of drug-likeness (QED) is 0.318. The molecule has 0 saturated carbocycles. The first kappa shape index (κ1) is 22.1. The Kier molecular flexibility index (Phi) is 5.84. The number of nitro benzene ring substituents is 1. The number of amides is 1. The predicted octanol–water partition coefficient (Wildman–Crippen LogP) is 2.47. The van der Waals surface area contributed by atoms with E-state index in [4.69, 9.17) is 0 Å². The maximum atomic E-state index is 12.8. The highest BCUT2D eigenvalue weighted by atomic mass is 32.2. The standard InChI is InChI=1S/C20H21N5O5S2/c1-14-13-24-18(15(2)21-20(24)31-14)7-8-19(26)22-9-11-23(12-10-22)32(29,30)17-5-3-16(4-6-17)25(27)28/h3-8,13H,9-12H2,1-2H3/b8-7+. The second-order valence-electron chi connectivity index (χ2n) is 7.39. The van der Waals surface area contributed by atoms with E-state index in [1.807, 2.05) is 24.4 Å². The van der Waals surface area contributed by atoms with Crippen LogP contribution in [0.5, 0.6) is 0 Å². The maximum Gasteiger partial charge on any atom is 0.269 e. The highest BCUT2D eigenvalue weighted by molar-refractivity contribution is 7.89. The molecule has 1 amide bonds. The summed E-state index contributed by atoms with van der Waals surface area (Å²) in [6.07, 6.45) is 5.21.